The minimum atomic E-state index is -2.40. The predicted molar refractivity (Wildman–Crippen MR) is 76.5 cm³/mol. The summed E-state index contributed by atoms with van der Waals surface area (Å²) >= 11 is 0. The first kappa shape index (κ1) is 16.9. The molecule has 1 aromatic carbocycles. The van der Waals surface area contributed by atoms with Gasteiger partial charge >= 0.3 is 11.9 Å². The summed E-state index contributed by atoms with van der Waals surface area (Å²) in [5.41, 5.74) is 3.80. The Kier molecular flexibility index (Phi) is 5.26. The molecule has 0 aliphatic heterocycles. The molecule has 2 radical (unpaired) electrons. The van der Waals surface area contributed by atoms with Crippen molar-refractivity contribution in [3.05, 3.63) is 35.4 Å². The van der Waals surface area contributed by atoms with E-state index >= 15 is 0 Å². The number of carbonyl (C=O) groups excluding carboxylic acids is 1. The summed E-state index contributed by atoms with van der Waals surface area (Å²) in [5, 5.41) is 17.9. The standard InChI is InChI=1S/C14H16BNO5/c1-2-10(15)11(17)9-5-3-8(4-6-9)7-14(16,12(18)19)13(20)21/h3-6,10H,2,7,16H2,1H3,(H,18,19)(H,20,21). The van der Waals surface area contributed by atoms with Crippen LogP contribution in [0.4, 0.5) is 0 Å². The Morgan fingerprint density at radius 3 is 2.05 bits per heavy atom. The molecule has 0 aliphatic rings. The number of hydrogen-bond donors (Lipinski definition) is 3. The minimum absolute atomic E-state index is 0.223. The third-order valence-electron chi connectivity index (χ3n) is 3.26. The lowest BCUT2D eigenvalue weighted by Crippen LogP contribution is -2.56. The van der Waals surface area contributed by atoms with Crippen molar-refractivity contribution in [2.24, 2.45) is 5.73 Å². The van der Waals surface area contributed by atoms with Crippen LogP contribution in [-0.4, -0.2) is 41.3 Å². The van der Waals surface area contributed by atoms with Gasteiger partial charge in [0.15, 0.2) is 5.78 Å². The zero-order chi connectivity index (χ0) is 16.2. The van der Waals surface area contributed by atoms with Crippen molar-refractivity contribution in [3.8, 4) is 0 Å². The van der Waals surface area contributed by atoms with Crippen LogP contribution in [0.3, 0.4) is 0 Å². The molecule has 0 heterocycles. The van der Waals surface area contributed by atoms with Gasteiger partial charge in [0.25, 0.3) is 0 Å². The van der Waals surface area contributed by atoms with Crippen molar-refractivity contribution >= 4 is 25.6 Å². The van der Waals surface area contributed by atoms with Gasteiger partial charge in [-0.05, 0) is 11.4 Å². The van der Waals surface area contributed by atoms with Crippen molar-refractivity contribution < 1.29 is 24.6 Å². The highest BCUT2D eigenvalue weighted by Gasteiger charge is 2.42. The van der Waals surface area contributed by atoms with E-state index in [4.69, 9.17) is 23.8 Å². The Hall–Kier alpha value is -2.15. The molecule has 0 bridgehead atoms. The van der Waals surface area contributed by atoms with Gasteiger partial charge in [0.2, 0.25) is 5.54 Å². The Morgan fingerprint density at radius 1 is 1.19 bits per heavy atom. The van der Waals surface area contributed by atoms with E-state index in [2.05, 4.69) is 0 Å². The van der Waals surface area contributed by atoms with Gasteiger partial charge in [-0.2, -0.15) is 0 Å². The van der Waals surface area contributed by atoms with Crippen molar-refractivity contribution in [3.63, 3.8) is 0 Å². The molecule has 4 N–H and O–H groups in total. The fourth-order valence-electron chi connectivity index (χ4n) is 1.75. The number of Topliss-reactive ketones (excluding diaryl/α,β-unsaturated/α-hetero) is 1. The maximum Gasteiger partial charge on any atom is 0.335 e. The topological polar surface area (TPSA) is 118 Å². The largest absolute Gasteiger partial charge is 0.479 e. The molecule has 0 aromatic heterocycles. The van der Waals surface area contributed by atoms with E-state index in [9.17, 15) is 14.4 Å². The molecule has 1 rings (SSSR count). The second-order valence-corrected chi connectivity index (χ2v) is 4.83. The number of carboxylic acids is 2. The molecule has 1 aromatic rings. The van der Waals surface area contributed by atoms with Gasteiger partial charge in [-0.3, -0.25) is 4.79 Å². The summed E-state index contributed by atoms with van der Waals surface area (Å²) in [6.07, 6.45) is 0.122. The third-order valence-corrected chi connectivity index (χ3v) is 3.26. The highest BCUT2D eigenvalue weighted by Crippen LogP contribution is 2.17. The van der Waals surface area contributed by atoms with E-state index < -0.39 is 23.3 Å². The molecular weight excluding hydrogens is 273 g/mol. The Labute approximate surface area is 123 Å². The SMILES string of the molecule is [B]C(CC)C(=O)c1ccc(CC(N)(C(=O)O)C(=O)O)cc1. The van der Waals surface area contributed by atoms with Gasteiger partial charge in [0.1, 0.15) is 0 Å². The molecule has 0 aliphatic carbocycles. The predicted octanol–water partition coefficient (Wildman–Crippen LogP) is 0.645. The summed E-state index contributed by atoms with van der Waals surface area (Å²) in [6, 6.07) is 5.92. The molecule has 0 saturated heterocycles. The number of hydrogen-bond acceptors (Lipinski definition) is 4. The summed E-state index contributed by atoms with van der Waals surface area (Å²) in [4.78, 5) is 33.8. The first-order valence-corrected chi connectivity index (χ1v) is 6.36. The van der Waals surface area contributed by atoms with Gasteiger partial charge in [-0.1, -0.05) is 37.6 Å². The van der Waals surface area contributed by atoms with Crippen LogP contribution in [0.1, 0.15) is 29.3 Å². The molecule has 1 unspecified atom stereocenters. The van der Waals surface area contributed by atoms with Crippen LogP contribution in [0.5, 0.6) is 0 Å². The van der Waals surface area contributed by atoms with Crippen LogP contribution in [-0.2, 0) is 16.0 Å². The zero-order valence-corrected chi connectivity index (χ0v) is 11.6. The fourth-order valence-corrected chi connectivity index (χ4v) is 1.75. The Morgan fingerprint density at radius 2 is 1.67 bits per heavy atom. The zero-order valence-electron chi connectivity index (χ0n) is 11.6. The Bertz CT molecular complexity index is 541. The van der Waals surface area contributed by atoms with Crippen LogP contribution in [0.25, 0.3) is 0 Å². The number of benzene rings is 1. The van der Waals surface area contributed by atoms with Crippen LogP contribution in [0, 0.1) is 0 Å². The van der Waals surface area contributed by atoms with Crippen LogP contribution < -0.4 is 5.73 Å². The van der Waals surface area contributed by atoms with Gasteiger partial charge in [0.05, 0.1) is 7.85 Å². The third kappa shape index (κ3) is 3.69. The van der Waals surface area contributed by atoms with E-state index in [1.165, 1.54) is 24.3 Å². The summed E-state index contributed by atoms with van der Waals surface area (Å²) < 4.78 is 0. The summed E-state index contributed by atoms with van der Waals surface area (Å²) in [6.45, 7) is 1.79. The quantitative estimate of drug-likeness (QED) is 0.385. The van der Waals surface area contributed by atoms with E-state index in [0.29, 0.717) is 17.5 Å². The van der Waals surface area contributed by atoms with Crippen molar-refractivity contribution in [2.45, 2.75) is 31.1 Å². The van der Waals surface area contributed by atoms with Crippen LogP contribution in [0.15, 0.2) is 24.3 Å². The number of nitrogens with two attached hydrogens (primary N) is 1. The van der Waals surface area contributed by atoms with Gasteiger partial charge in [-0.15, -0.1) is 0 Å². The van der Waals surface area contributed by atoms with Crippen LogP contribution in [0.2, 0.25) is 5.82 Å². The first-order valence-electron chi connectivity index (χ1n) is 6.36. The molecule has 0 spiro atoms. The fraction of sp³-hybridized carbons (Fsp3) is 0.357. The average molecular weight is 289 g/mol. The Balaban J connectivity index is 2.96. The monoisotopic (exact) mass is 289 g/mol. The van der Waals surface area contributed by atoms with Crippen molar-refractivity contribution in [1.82, 2.24) is 0 Å². The molecule has 0 amide bonds. The molecule has 0 fully saturated rings. The minimum Gasteiger partial charge on any atom is -0.479 e. The maximum absolute atomic E-state index is 11.9. The smallest absolute Gasteiger partial charge is 0.335 e. The van der Waals surface area contributed by atoms with E-state index in [1.807, 2.05) is 0 Å². The lowest BCUT2D eigenvalue weighted by Gasteiger charge is -2.19. The van der Waals surface area contributed by atoms with E-state index in [1.54, 1.807) is 6.92 Å². The first-order chi connectivity index (χ1) is 9.72. The highest BCUT2D eigenvalue weighted by molar-refractivity contribution is 6.27. The van der Waals surface area contributed by atoms with Crippen LogP contribution >= 0.6 is 0 Å². The summed E-state index contributed by atoms with van der Waals surface area (Å²) in [7, 11) is 5.64. The second-order valence-electron chi connectivity index (χ2n) is 4.83. The lowest BCUT2D eigenvalue weighted by atomic mass is 9.79. The maximum atomic E-state index is 11.9. The number of ketones is 1. The number of rotatable bonds is 7. The summed E-state index contributed by atoms with van der Waals surface area (Å²) in [5.74, 6) is -4.06. The van der Waals surface area contributed by atoms with Crippen molar-refractivity contribution in [2.75, 3.05) is 0 Å². The number of carbonyl (C=O) groups is 3. The van der Waals surface area contributed by atoms with Gasteiger partial charge in [0, 0.05) is 12.0 Å². The molecule has 1 atom stereocenters. The molecule has 21 heavy (non-hydrogen) atoms. The second kappa shape index (κ2) is 6.54. The molecule has 7 heteroatoms. The lowest BCUT2D eigenvalue weighted by molar-refractivity contribution is -0.156. The molecular formula is C14H16BNO5. The van der Waals surface area contributed by atoms with Gasteiger partial charge < -0.3 is 15.9 Å². The van der Waals surface area contributed by atoms with Crippen molar-refractivity contribution in [1.29, 1.82) is 0 Å². The molecule has 0 saturated carbocycles. The number of aliphatic carboxylic acids is 2. The van der Waals surface area contributed by atoms with E-state index in [0.717, 1.165) is 0 Å². The average Bonchev–Trinajstić information content (AvgIpc) is 2.45. The molecule has 6 nitrogen and oxygen atoms in total. The highest BCUT2D eigenvalue weighted by atomic mass is 16.4. The normalized spacial score (nSPS) is 12.7. The molecule has 110 valence electrons. The van der Waals surface area contributed by atoms with E-state index in [-0.39, 0.29) is 12.2 Å². The van der Waals surface area contributed by atoms with Gasteiger partial charge in [-0.25, -0.2) is 9.59 Å². The number of carboxylic acid groups (broad SMARTS) is 2.